The molecule has 4 aromatic rings. The lowest BCUT2D eigenvalue weighted by Crippen LogP contribution is -2.08. The Labute approximate surface area is 270 Å². The van der Waals surface area contributed by atoms with Gasteiger partial charge in [0, 0.05) is 22.3 Å². The fraction of sp³-hybridized carbons (Fsp3) is 0.105. The maximum atomic E-state index is 14.0. The predicted octanol–water partition coefficient (Wildman–Crippen LogP) is 10.3. The normalized spacial score (nSPS) is 15.4. The third kappa shape index (κ3) is 4.75. The monoisotopic (exact) mass is 644 g/mol. The summed E-state index contributed by atoms with van der Waals surface area (Å²) < 4.78 is 83.9. The van der Waals surface area contributed by atoms with E-state index in [2.05, 4.69) is 12.1 Å². The van der Waals surface area contributed by atoms with Crippen LogP contribution in [0.1, 0.15) is 58.4 Å². The van der Waals surface area contributed by atoms with Gasteiger partial charge in [0.2, 0.25) is 0 Å². The minimum atomic E-state index is -4.81. The van der Waals surface area contributed by atoms with Gasteiger partial charge in [-0.1, -0.05) is 48.5 Å². The summed E-state index contributed by atoms with van der Waals surface area (Å²) in [6.07, 6.45) is -9.63. The summed E-state index contributed by atoms with van der Waals surface area (Å²) in [6, 6.07) is 24.2. The lowest BCUT2D eigenvalue weighted by atomic mass is 9.83. The molecule has 232 valence electrons. The molecule has 0 aromatic heterocycles. The number of fused-ring (bicyclic) bond motifs is 4. The number of halogens is 6. The van der Waals surface area contributed by atoms with Gasteiger partial charge >= 0.3 is 12.4 Å². The molecule has 2 aliphatic rings. The highest BCUT2D eigenvalue weighted by molar-refractivity contribution is 6.39. The molecule has 0 bridgehead atoms. The van der Waals surface area contributed by atoms with Crippen molar-refractivity contribution in [3.8, 4) is 46.5 Å². The third-order valence-corrected chi connectivity index (χ3v) is 8.52. The van der Waals surface area contributed by atoms with Crippen LogP contribution in [0.25, 0.3) is 44.5 Å². The average molecular weight is 645 g/mol. The van der Waals surface area contributed by atoms with E-state index in [1.807, 2.05) is 0 Å². The van der Waals surface area contributed by atoms with E-state index in [1.54, 1.807) is 62.4 Å². The molecule has 0 saturated heterocycles. The number of alkyl halides is 6. The van der Waals surface area contributed by atoms with Crippen molar-refractivity contribution < 1.29 is 26.3 Å². The third-order valence-electron chi connectivity index (χ3n) is 8.52. The summed E-state index contributed by atoms with van der Waals surface area (Å²) >= 11 is 0. The summed E-state index contributed by atoms with van der Waals surface area (Å²) in [4.78, 5) is 0. The van der Waals surface area contributed by atoms with Gasteiger partial charge in [-0.05, 0) is 93.8 Å². The molecule has 6 rings (SSSR count). The lowest BCUT2D eigenvalue weighted by molar-refractivity contribution is -0.138. The molecule has 0 saturated carbocycles. The molecule has 4 nitrogen and oxygen atoms in total. The van der Waals surface area contributed by atoms with Crippen molar-refractivity contribution in [1.29, 1.82) is 21.0 Å². The molecular formula is C38H18F6N4. The van der Waals surface area contributed by atoms with Crippen LogP contribution >= 0.6 is 0 Å². The first-order valence-electron chi connectivity index (χ1n) is 14.2. The highest BCUT2D eigenvalue weighted by Crippen LogP contribution is 2.62. The molecule has 0 unspecified atom stereocenters. The largest absolute Gasteiger partial charge is 0.417 e. The van der Waals surface area contributed by atoms with E-state index in [4.69, 9.17) is 0 Å². The Kier molecular flexibility index (Phi) is 7.35. The van der Waals surface area contributed by atoms with Crippen molar-refractivity contribution in [3.63, 3.8) is 0 Å². The first-order valence-corrected chi connectivity index (χ1v) is 14.2. The summed E-state index contributed by atoms with van der Waals surface area (Å²) in [5.74, 6) is 0. The van der Waals surface area contributed by atoms with Crippen molar-refractivity contribution in [3.05, 3.63) is 128 Å². The maximum Gasteiger partial charge on any atom is 0.417 e. The zero-order valence-corrected chi connectivity index (χ0v) is 25.0. The highest BCUT2D eigenvalue weighted by atomic mass is 19.4. The van der Waals surface area contributed by atoms with Crippen LogP contribution in [-0.4, -0.2) is 0 Å². The van der Waals surface area contributed by atoms with Gasteiger partial charge in [0.15, 0.2) is 0 Å². The SMILES string of the molecule is C/C(C#N)=C1C2=C(/C(=C(/C)C#N)c3c2cccc3-c2ccc(C#N)c(C(F)(F)F)c2)c2cccc(-c3ccc(C#N)c(C(F)(F)F)c3)c2/1. The van der Waals surface area contributed by atoms with Gasteiger partial charge in [-0.15, -0.1) is 0 Å². The molecule has 0 aliphatic heterocycles. The molecule has 0 radical (unpaired) electrons. The minimum Gasteiger partial charge on any atom is -0.193 e. The molecule has 0 N–H and O–H groups in total. The molecular weight excluding hydrogens is 626 g/mol. The first-order chi connectivity index (χ1) is 22.8. The van der Waals surface area contributed by atoms with E-state index >= 15 is 0 Å². The average Bonchev–Trinajstić information content (AvgIpc) is 3.59. The van der Waals surface area contributed by atoms with Gasteiger partial charge in [0.25, 0.3) is 0 Å². The van der Waals surface area contributed by atoms with Crippen molar-refractivity contribution in [2.45, 2.75) is 26.2 Å². The fourth-order valence-electron chi connectivity index (χ4n) is 6.53. The molecule has 0 fully saturated rings. The molecule has 2 aliphatic carbocycles. The highest BCUT2D eigenvalue weighted by Gasteiger charge is 2.42. The zero-order chi connectivity index (χ0) is 34.7. The smallest absolute Gasteiger partial charge is 0.193 e. The van der Waals surface area contributed by atoms with Crippen LogP contribution in [0.3, 0.4) is 0 Å². The van der Waals surface area contributed by atoms with Gasteiger partial charge in [-0.25, -0.2) is 0 Å². The first kappa shape index (κ1) is 31.6. The molecule has 0 spiro atoms. The molecule has 48 heavy (non-hydrogen) atoms. The van der Waals surface area contributed by atoms with E-state index in [9.17, 15) is 47.4 Å². The van der Waals surface area contributed by atoms with Crippen molar-refractivity contribution >= 4 is 22.3 Å². The summed E-state index contributed by atoms with van der Waals surface area (Å²) in [6.45, 7) is 3.12. The molecule has 0 heterocycles. The molecule has 0 amide bonds. The van der Waals surface area contributed by atoms with Crippen LogP contribution in [-0.2, 0) is 12.4 Å². The van der Waals surface area contributed by atoms with Crippen LogP contribution in [0.4, 0.5) is 26.3 Å². The van der Waals surface area contributed by atoms with E-state index < -0.39 is 34.6 Å². The second kappa shape index (κ2) is 11.2. The van der Waals surface area contributed by atoms with Crippen molar-refractivity contribution in [2.75, 3.05) is 0 Å². The van der Waals surface area contributed by atoms with Crippen LogP contribution in [0.15, 0.2) is 83.9 Å². The number of allylic oxidation sites excluding steroid dienone is 6. The standard InChI is InChI=1S/C38H18F6N4/c1-19(15-45)31-33-25(21-9-11-23(17-47)29(13-21)37(39,40)41)5-3-7-27(33)36-32(20(2)16-46)34-26(6-4-8-28(34)35(31)36)22-10-12-24(18-48)30(14-22)38(42,43)44/h3-14H,1-2H3/b31-19-,32-20-. The number of hydrogen-bond donors (Lipinski definition) is 0. The van der Waals surface area contributed by atoms with Gasteiger partial charge in [0.1, 0.15) is 0 Å². The Morgan fingerprint density at radius 3 is 1.19 bits per heavy atom. The summed E-state index contributed by atoms with van der Waals surface area (Å²) in [5.41, 5.74) is 1.96. The molecule has 4 aromatic carbocycles. The Bertz CT molecular complexity index is 2210. The summed E-state index contributed by atoms with van der Waals surface area (Å²) in [7, 11) is 0. The Hall–Kier alpha value is -6.36. The van der Waals surface area contributed by atoms with Crippen molar-refractivity contribution in [1.82, 2.24) is 0 Å². The summed E-state index contributed by atoms with van der Waals surface area (Å²) in [5, 5.41) is 39.0. The van der Waals surface area contributed by atoms with Crippen LogP contribution in [0.5, 0.6) is 0 Å². The number of hydrogen-bond acceptors (Lipinski definition) is 4. The zero-order valence-electron chi connectivity index (χ0n) is 25.0. The van der Waals surface area contributed by atoms with Crippen LogP contribution in [0, 0.1) is 45.3 Å². The van der Waals surface area contributed by atoms with Crippen LogP contribution < -0.4 is 0 Å². The second-order valence-corrected chi connectivity index (χ2v) is 11.2. The Morgan fingerprint density at radius 1 is 0.521 bits per heavy atom. The van der Waals surface area contributed by atoms with Gasteiger partial charge in [-0.3, -0.25) is 0 Å². The Balaban J connectivity index is 1.67. The number of nitriles is 4. The number of rotatable bonds is 2. The number of benzene rings is 4. The van der Waals surface area contributed by atoms with E-state index in [1.165, 1.54) is 12.1 Å². The Morgan fingerprint density at radius 2 is 0.875 bits per heavy atom. The van der Waals surface area contributed by atoms with Gasteiger partial charge in [-0.2, -0.15) is 47.4 Å². The number of nitrogens with zero attached hydrogens (tertiary/aromatic N) is 4. The second-order valence-electron chi connectivity index (χ2n) is 11.2. The van der Waals surface area contributed by atoms with Gasteiger partial charge in [0.05, 0.1) is 46.5 Å². The van der Waals surface area contributed by atoms with Crippen molar-refractivity contribution in [2.24, 2.45) is 0 Å². The van der Waals surface area contributed by atoms with E-state index in [0.717, 1.165) is 24.3 Å². The predicted molar refractivity (Wildman–Crippen MR) is 166 cm³/mol. The fourth-order valence-corrected chi connectivity index (χ4v) is 6.53. The quantitative estimate of drug-likeness (QED) is 0.160. The molecule has 0 atom stereocenters. The molecule has 10 heteroatoms. The topological polar surface area (TPSA) is 95.2 Å². The van der Waals surface area contributed by atoms with Gasteiger partial charge < -0.3 is 0 Å². The van der Waals surface area contributed by atoms with E-state index in [-0.39, 0.29) is 22.3 Å². The maximum absolute atomic E-state index is 14.0. The minimum absolute atomic E-state index is 0.149. The van der Waals surface area contributed by atoms with Crippen LogP contribution in [0.2, 0.25) is 0 Å². The van der Waals surface area contributed by atoms with E-state index in [0.29, 0.717) is 55.7 Å². The lowest BCUT2D eigenvalue weighted by Gasteiger charge is -2.20.